The summed E-state index contributed by atoms with van der Waals surface area (Å²) in [5.41, 5.74) is 1.58. The van der Waals surface area contributed by atoms with Gasteiger partial charge in [-0.25, -0.2) is 9.97 Å². The van der Waals surface area contributed by atoms with Crippen molar-refractivity contribution < 1.29 is 4.79 Å². The molecule has 0 bridgehead atoms. The first-order valence-corrected chi connectivity index (χ1v) is 6.74. The van der Waals surface area contributed by atoms with Gasteiger partial charge in [0, 0.05) is 31.5 Å². The summed E-state index contributed by atoms with van der Waals surface area (Å²) in [6.45, 7) is 7.55. The molecule has 1 aliphatic rings. The van der Waals surface area contributed by atoms with Crippen molar-refractivity contribution in [3.63, 3.8) is 0 Å². The van der Waals surface area contributed by atoms with E-state index in [1.165, 1.54) is 0 Å². The number of carbonyl (C=O) groups is 1. The number of carbonyl (C=O) groups excluding carboxylic acids is 1. The monoisotopic (exact) mass is 262 g/mol. The Balaban J connectivity index is 2.23. The average molecular weight is 262 g/mol. The summed E-state index contributed by atoms with van der Waals surface area (Å²) >= 11 is 0. The van der Waals surface area contributed by atoms with E-state index in [1.807, 2.05) is 26.8 Å². The predicted octanol–water partition coefficient (Wildman–Crippen LogP) is 1.45. The second-order valence-corrected chi connectivity index (χ2v) is 5.62. The number of hydrogen-bond acceptors (Lipinski definition) is 4. The Labute approximate surface area is 114 Å². The van der Waals surface area contributed by atoms with E-state index in [-0.39, 0.29) is 11.3 Å². The van der Waals surface area contributed by atoms with E-state index in [0.29, 0.717) is 6.54 Å². The minimum Gasteiger partial charge on any atom is -0.359 e. The van der Waals surface area contributed by atoms with Crippen LogP contribution in [-0.2, 0) is 4.79 Å². The van der Waals surface area contributed by atoms with Crippen molar-refractivity contribution in [3.8, 4) is 0 Å². The maximum atomic E-state index is 12.0. The third-order valence-corrected chi connectivity index (χ3v) is 3.72. The normalized spacial score (nSPS) is 23.3. The SMILES string of the molecule is CNC(=O)C1(C)CCCN(c2nc(C)cc(C)n2)C1. The molecule has 104 valence electrons. The van der Waals surface area contributed by atoms with Crippen LogP contribution < -0.4 is 10.2 Å². The molecule has 0 spiro atoms. The Morgan fingerprint density at radius 2 is 2.00 bits per heavy atom. The predicted molar refractivity (Wildman–Crippen MR) is 75.1 cm³/mol. The molecule has 1 saturated heterocycles. The molecule has 2 heterocycles. The van der Waals surface area contributed by atoms with Gasteiger partial charge >= 0.3 is 0 Å². The lowest BCUT2D eigenvalue weighted by Gasteiger charge is -2.39. The number of anilines is 1. The summed E-state index contributed by atoms with van der Waals surface area (Å²) < 4.78 is 0. The van der Waals surface area contributed by atoms with Crippen LogP contribution in [0.5, 0.6) is 0 Å². The number of aryl methyl sites for hydroxylation is 2. The number of nitrogens with zero attached hydrogens (tertiary/aromatic N) is 3. The summed E-state index contributed by atoms with van der Waals surface area (Å²) in [4.78, 5) is 23.1. The number of nitrogens with one attached hydrogen (secondary N) is 1. The number of aromatic nitrogens is 2. The second kappa shape index (κ2) is 5.15. The number of rotatable bonds is 2. The smallest absolute Gasteiger partial charge is 0.227 e. The molecule has 2 rings (SSSR count). The number of hydrogen-bond donors (Lipinski definition) is 1. The lowest BCUT2D eigenvalue weighted by atomic mass is 9.81. The fourth-order valence-electron chi connectivity index (χ4n) is 2.75. The molecule has 1 amide bonds. The van der Waals surface area contributed by atoms with E-state index in [0.717, 1.165) is 36.7 Å². The standard InChI is InChI=1S/C14H22N4O/c1-10-8-11(2)17-13(16-10)18-7-5-6-14(3,9-18)12(19)15-4/h8H,5-7,9H2,1-4H3,(H,15,19). The van der Waals surface area contributed by atoms with Crippen LogP contribution in [0.1, 0.15) is 31.2 Å². The highest BCUT2D eigenvalue weighted by Gasteiger charge is 2.38. The van der Waals surface area contributed by atoms with Gasteiger partial charge in [-0.05, 0) is 39.7 Å². The average Bonchev–Trinajstić information content (AvgIpc) is 2.36. The number of amides is 1. The Bertz CT molecular complexity index is 468. The Morgan fingerprint density at radius 1 is 1.37 bits per heavy atom. The van der Waals surface area contributed by atoms with Crippen LogP contribution in [0.3, 0.4) is 0 Å². The van der Waals surface area contributed by atoms with Crippen molar-refractivity contribution in [1.82, 2.24) is 15.3 Å². The minimum atomic E-state index is -0.353. The van der Waals surface area contributed by atoms with Crippen LogP contribution in [0.15, 0.2) is 6.07 Å². The van der Waals surface area contributed by atoms with Gasteiger partial charge in [0.1, 0.15) is 0 Å². The maximum Gasteiger partial charge on any atom is 0.227 e. The molecule has 5 nitrogen and oxygen atoms in total. The zero-order chi connectivity index (χ0) is 14.0. The fraction of sp³-hybridized carbons (Fsp3) is 0.643. The molecule has 0 radical (unpaired) electrons. The summed E-state index contributed by atoms with van der Waals surface area (Å²) in [5.74, 6) is 0.842. The van der Waals surface area contributed by atoms with E-state index in [2.05, 4.69) is 20.2 Å². The highest BCUT2D eigenvalue weighted by molar-refractivity contribution is 5.82. The molecule has 1 fully saturated rings. The zero-order valence-electron chi connectivity index (χ0n) is 12.2. The van der Waals surface area contributed by atoms with Crippen LogP contribution in [0.25, 0.3) is 0 Å². The molecule has 0 aromatic carbocycles. The van der Waals surface area contributed by atoms with Gasteiger partial charge in [0.15, 0.2) is 0 Å². The first kappa shape index (κ1) is 13.8. The van der Waals surface area contributed by atoms with Crippen molar-refractivity contribution in [2.75, 3.05) is 25.0 Å². The topological polar surface area (TPSA) is 58.1 Å². The van der Waals surface area contributed by atoms with Gasteiger partial charge in [-0.15, -0.1) is 0 Å². The van der Waals surface area contributed by atoms with Gasteiger partial charge in [-0.2, -0.15) is 0 Å². The van der Waals surface area contributed by atoms with E-state index in [4.69, 9.17) is 0 Å². The minimum absolute atomic E-state index is 0.0987. The Morgan fingerprint density at radius 3 is 2.58 bits per heavy atom. The van der Waals surface area contributed by atoms with Crippen molar-refractivity contribution in [1.29, 1.82) is 0 Å². The van der Waals surface area contributed by atoms with Crippen molar-refractivity contribution in [2.45, 2.75) is 33.6 Å². The van der Waals surface area contributed by atoms with Crippen LogP contribution in [-0.4, -0.2) is 36.0 Å². The molecule has 0 saturated carbocycles. The highest BCUT2D eigenvalue weighted by atomic mass is 16.2. The molecule has 19 heavy (non-hydrogen) atoms. The quantitative estimate of drug-likeness (QED) is 0.876. The molecule has 1 aliphatic heterocycles. The molecule has 1 N–H and O–H groups in total. The van der Waals surface area contributed by atoms with Crippen molar-refractivity contribution in [2.24, 2.45) is 5.41 Å². The van der Waals surface area contributed by atoms with Gasteiger partial charge in [0.05, 0.1) is 5.41 Å². The first-order valence-electron chi connectivity index (χ1n) is 6.74. The number of piperidine rings is 1. The van der Waals surface area contributed by atoms with E-state index in [9.17, 15) is 4.79 Å². The summed E-state index contributed by atoms with van der Waals surface area (Å²) in [7, 11) is 1.69. The van der Waals surface area contributed by atoms with E-state index < -0.39 is 0 Å². The molecule has 1 aromatic heterocycles. The maximum absolute atomic E-state index is 12.0. The third-order valence-electron chi connectivity index (χ3n) is 3.72. The van der Waals surface area contributed by atoms with E-state index in [1.54, 1.807) is 7.05 Å². The summed E-state index contributed by atoms with van der Waals surface area (Å²) in [6.07, 6.45) is 1.90. The molecule has 1 unspecified atom stereocenters. The largest absolute Gasteiger partial charge is 0.359 e. The fourth-order valence-corrected chi connectivity index (χ4v) is 2.75. The van der Waals surface area contributed by atoms with Gasteiger partial charge in [0.2, 0.25) is 11.9 Å². The highest BCUT2D eigenvalue weighted by Crippen LogP contribution is 2.31. The van der Waals surface area contributed by atoms with Crippen LogP contribution in [0, 0.1) is 19.3 Å². The molecule has 1 aromatic rings. The van der Waals surface area contributed by atoms with Crippen molar-refractivity contribution in [3.05, 3.63) is 17.5 Å². The van der Waals surface area contributed by atoms with Crippen molar-refractivity contribution >= 4 is 11.9 Å². The van der Waals surface area contributed by atoms with Crippen LogP contribution >= 0.6 is 0 Å². The molecular formula is C14H22N4O. The van der Waals surface area contributed by atoms with Crippen LogP contribution in [0.4, 0.5) is 5.95 Å². The summed E-state index contributed by atoms with van der Waals surface area (Å²) in [5, 5.41) is 2.76. The van der Waals surface area contributed by atoms with E-state index >= 15 is 0 Å². The lowest BCUT2D eigenvalue weighted by molar-refractivity contribution is -0.130. The molecule has 0 aliphatic carbocycles. The second-order valence-electron chi connectivity index (χ2n) is 5.62. The lowest BCUT2D eigenvalue weighted by Crippen LogP contribution is -2.50. The van der Waals surface area contributed by atoms with Crippen LogP contribution in [0.2, 0.25) is 0 Å². The van der Waals surface area contributed by atoms with Gasteiger partial charge in [-0.1, -0.05) is 0 Å². The third kappa shape index (κ3) is 2.85. The molecular weight excluding hydrogens is 240 g/mol. The first-order chi connectivity index (χ1) is 8.94. The molecule has 5 heteroatoms. The Kier molecular flexibility index (Phi) is 3.73. The van der Waals surface area contributed by atoms with Gasteiger partial charge < -0.3 is 10.2 Å². The van der Waals surface area contributed by atoms with Gasteiger partial charge in [-0.3, -0.25) is 4.79 Å². The Hall–Kier alpha value is -1.65. The summed E-state index contributed by atoms with van der Waals surface area (Å²) in [6, 6.07) is 1.96. The van der Waals surface area contributed by atoms with Gasteiger partial charge in [0.25, 0.3) is 0 Å². The molecule has 1 atom stereocenters. The zero-order valence-corrected chi connectivity index (χ0v) is 12.2.